The summed E-state index contributed by atoms with van der Waals surface area (Å²) >= 11 is 12.0. The van der Waals surface area contributed by atoms with Crippen LogP contribution in [0.4, 0.5) is 0 Å². The normalized spacial score (nSPS) is 10.0. The van der Waals surface area contributed by atoms with Gasteiger partial charge in [0.15, 0.2) is 11.5 Å². The Hall–Kier alpha value is -2.09. The minimum Gasteiger partial charge on any atom is -0.490 e. The molecule has 0 aliphatic heterocycles. The van der Waals surface area contributed by atoms with Crippen molar-refractivity contribution in [1.82, 2.24) is 0 Å². The van der Waals surface area contributed by atoms with E-state index >= 15 is 0 Å². The molecule has 4 nitrogen and oxygen atoms in total. The van der Waals surface area contributed by atoms with Gasteiger partial charge in [0, 0.05) is 11.1 Å². The van der Waals surface area contributed by atoms with Crippen LogP contribution in [0.5, 0.6) is 17.2 Å². The summed E-state index contributed by atoms with van der Waals surface area (Å²) < 4.78 is 16.7. The number of rotatable bonds is 7. The Labute approximate surface area is 145 Å². The van der Waals surface area contributed by atoms with Gasteiger partial charge in [0.05, 0.1) is 23.3 Å². The van der Waals surface area contributed by atoms with Crippen molar-refractivity contribution in [2.24, 2.45) is 0 Å². The van der Waals surface area contributed by atoms with E-state index in [0.29, 0.717) is 46.1 Å². The molecule has 0 amide bonds. The molecule has 0 radical (unpaired) electrons. The molecule has 0 atom stereocenters. The largest absolute Gasteiger partial charge is 0.490 e. The van der Waals surface area contributed by atoms with Crippen LogP contribution in [0, 0.1) is 11.3 Å². The summed E-state index contributed by atoms with van der Waals surface area (Å²) in [5.74, 6) is 1.56. The van der Waals surface area contributed by atoms with Crippen LogP contribution in [0.1, 0.15) is 12.5 Å². The van der Waals surface area contributed by atoms with Gasteiger partial charge in [-0.25, -0.2) is 0 Å². The van der Waals surface area contributed by atoms with Gasteiger partial charge in [-0.05, 0) is 37.3 Å². The molecule has 0 aliphatic rings. The third-order valence-corrected chi connectivity index (χ3v) is 3.38. The zero-order valence-corrected chi connectivity index (χ0v) is 14.0. The Balaban J connectivity index is 1.97. The second-order valence-electron chi connectivity index (χ2n) is 4.48. The lowest BCUT2D eigenvalue weighted by Gasteiger charge is -2.14. The number of hydrogen-bond acceptors (Lipinski definition) is 4. The third kappa shape index (κ3) is 4.95. The van der Waals surface area contributed by atoms with Crippen molar-refractivity contribution in [2.45, 2.75) is 6.92 Å². The summed E-state index contributed by atoms with van der Waals surface area (Å²) in [6, 6.07) is 12.2. The summed E-state index contributed by atoms with van der Waals surface area (Å²) in [5.41, 5.74) is 0.420. The van der Waals surface area contributed by atoms with Crippen molar-refractivity contribution >= 4 is 23.2 Å². The van der Waals surface area contributed by atoms with Gasteiger partial charge in [-0.3, -0.25) is 0 Å². The number of ether oxygens (including phenoxy) is 3. The molecule has 2 aromatic rings. The summed E-state index contributed by atoms with van der Waals surface area (Å²) in [4.78, 5) is 0. The quantitative estimate of drug-likeness (QED) is 0.677. The molecule has 0 aliphatic carbocycles. The molecule has 6 heteroatoms. The van der Waals surface area contributed by atoms with Gasteiger partial charge in [0.1, 0.15) is 19.0 Å². The minimum atomic E-state index is 0.286. The van der Waals surface area contributed by atoms with E-state index in [-0.39, 0.29) is 6.61 Å². The van der Waals surface area contributed by atoms with Crippen molar-refractivity contribution in [1.29, 1.82) is 5.26 Å². The molecule has 23 heavy (non-hydrogen) atoms. The van der Waals surface area contributed by atoms with Crippen molar-refractivity contribution in [3.05, 3.63) is 52.0 Å². The zero-order valence-electron chi connectivity index (χ0n) is 12.5. The molecule has 0 bridgehead atoms. The fourth-order valence-corrected chi connectivity index (χ4v) is 2.26. The molecule has 120 valence electrons. The van der Waals surface area contributed by atoms with Gasteiger partial charge >= 0.3 is 0 Å². The van der Waals surface area contributed by atoms with Gasteiger partial charge in [-0.1, -0.05) is 23.2 Å². The van der Waals surface area contributed by atoms with Crippen LogP contribution < -0.4 is 14.2 Å². The molecule has 2 aromatic carbocycles. The minimum absolute atomic E-state index is 0.286. The van der Waals surface area contributed by atoms with Crippen LogP contribution in [-0.2, 0) is 0 Å². The van der Waals surface area contributed by atoms with Crippen molar-refractivity contribution < 1.29 is 14.2 Å². The highest BCUT2D eigenvalue weighted by atomic mass is 35.5. The average molecular weight is 352 g/mol. The lowest BCUT2D eigenvalue weighted by atomic mass is 10.2. The van der Waals surface area contributed by atoms with Crippen LogP contribution in [0.15, 0.2) is 36.4 Å². The lowest BCUT2D eigenvalue weighted by molar-refractivity contribution is 0.208. The molecule has 0 aromatic heterocycles. The molecular formula is C17H15Cl2NO3. The van der Waals surface area contributed by atoms with E-state index in [2.05, 4.69) is 0 Å². The first kappa shape index (κ1) is 17.3. The van der Waals surface area contributed by atoms with E-state index in [1.807, 2.05) is 13.0 Å². The van der Waals surface area contributed by atoms with Crippen molar-refractivity contribution in [3.63, 3.8) is 0 Å². The first-order valence-corrected chi connectivity index (χ1v) is 7.77. The van der Waals surface area contributed by atoms with Gasteiger partial charge in [0.2, 0.25) is 0 Å². The Morgan fingerprint density at radius 2 is 1.70 bits per heavy atom. The van der Waals surface area contributed by atoms with Crippen molar-refractivity contribution in [3.8, 4) is 23.3 Å². The summed E-state index contributed by atoms with van der Waals surface area (Å²) in [5, 5.41) is 9.96. The number of benzene rings is 2. The maximum atomic E-state index is 8.97. The zero-order chi connectivity index (χ0) is 16.7. The lowest BCUT2D eigenvalue weighted by Crippen LogP contribution is -2.10. The summed E-state index contributed by atoms with van der Waals surface area (Å²) in [6.07, 6.45) is 0. The third-order valence-electron chi connectivity index (χ3n) is 2.85. The maximum Gasteiger partial charge on any atom is 0.179 e. The monoisotopic (exact) mass is 351 g/mol. The van der Waals surface area contributed by atoms with Gasteiger partial charge in [0.25, 0.3) is 0 Å². The predicted molar refractivity (Wildman–Crippen MR) is 89.8 cm³/mol. The average Bonchev–Trinajstić information content (AvgIpc) is 2.55. The van der Waals surface area contributed by atoms with E-state index in [0.717, 1.165) is 0 Å². The van der Waals surface area contributed by atoms with E-state index < -0.39 is 0 Å². The maximum absolute atomic E-state index is 8.97. The van der Waals surface area contributed by atoms with Crippen LogP contribution in [0.25, 0.3) is 0 Å². The highest BCUT2D eigenvalue weighted by Crippen LogP contribution is 2.36. The Morgan fingerprint density at radius 1 is 1.00 bits per heavy atom. The topological polar surface area (TPSA) is 51.5 Å². The van der Waals surface area contributed by atoms with Crippen molar-refractivity contribution in [2.75, 3.05) is 19.8 Å². The van der Waals surface area contributed by atoms with E-state index in [1.165, 1.54) is 0 Å². The second-order valence-corrected chi connectivity index (χ2v) is 5.32. The first-order chi connectivity index (χ1) is 11.1. The molecule has 0 saturated heterocycles. The molecule has 0 saturated carbocycles. The fourth-order valence-electron chi connectivity index (χ4n) is 1.87. The van der Waals surface area contributed by atoms with Crippen LogP contribution in [-0.4, -0.2) is 19.8 Å². The molecule has 0 unspecified atom stereocenters. The fraction of sp³-hybridized carbons (Fsp3) is 0.235. The Bertz CT molecular complexity index is 696. The van der Waals surface area contributed by atoms with Crippen LogP contribution in [0.2, 0.25) is 10.0 Å². The van der Waals surface area contributed by atoms with E-state index in [1.54, 1.807) is 36.4 Å². The predicted octanol–water partition coefficient (Wildman–Crippen LogP) is 4.72. The number of halogens is 2. The summed E-state index contributed by atoms with van der Waals surface area (Å²) in [7, 11) is 0. The first-order valence-electron chi connectivity index (χ1n) is 7.01. The van der Waals surface area contributed by atoms with E-state index in [4.69, 9.17) is 42.7 Å². The number of hydrogen-bond donors (Lipinski definition) is 0. The number of nitriles is 1. The highest BCUT2D eigenvalue weighted by Gasteiger charge is 2.12. The molecule has 0 fully saturated rings. The highest BCUT2D eigenvalue weighted by molar-refractivity contribution is 6.32. The summed E-state index contributed by atoms with van der Waals surface area (Å²) in [6.45, 7) is 2.92. The Morgan fingerprint density at radius 3 is 2.35 bits per heavy atom. The molecule has 0 spiro atoms. The van der Waals surface area contributed by atoms with Gasteiger partial charge in [-0.2, -0.15) is 5.26 Å². The molecular weight excluding hydrogens is 337 g/mol. The smallest absolute Gasteiger partial charge is 0.179 e. The second kappa shape index (κ2) is 8.52. The molecule has 0 N–H and O–H groups in total. The molecule has 2 rings (SSSR count). The standard InChI is InChI=1S/C17H15Cl2NO3/c1-2-21-16-10-12(11-20)9-15(19)17(16)23-8-7-22-14-5-3-13(18)4-6-14/h3-6,9-10H,2,7-8H2,1H3. The SMILES string of the molecule is CCOc1cc(C#N)cc(Cl)c1OCCOc1ccc(Cl)cc1. The van der Waals surface area contributed by atoms with Gasteiger partial charge in [-0.15, -0.1) is 0 Å². The number of nitrogens with zero attached hydrogens (tertiary/aromatic N) is 1. The van der Waals surface area contributed by atoms with Gasteiger partial charge < -0.3 is 14.2 Å². The van der Waals surface area contributed by atoms with Crippen LogP contribution >= 0.6 is 23.2 Å². The molecule has 0 heterocycles. The van der Waals surface area contributed by atoms with E-state index in [9.17, 15) is 0 Å². The van der Waals surface area contributed by atoms with Crippen LogP contribution in [0.3, 0.4) is 0 Å². The Kier molecular flexibility index (Phi) is 6.40.